The molecule has 0 aliphatic heterocycles. The Balaban J connectivity index is 2.08. The first-order valence-electron chi connectivity index (χ1n) is 7.10. The molecule has 0 bridgehead atoms. The number of hydrogen-bond donors (Lipinski definition) is 3. The van der Waals surface area contributed by atoms with Gasteiger partial charge in [-0.1, -0.05) is 25.7 Å². The van der Waals surface area contributed by atoms with E-state index in [0.29, 0.717) is 23.0 Å². The largest absolute Gasteiger partial charge is 0.398 e. The zero-order valence-electron chi connectivity index (χ0n) is 11.8. The van der Waals surface area contributed by atoms with Gasteiger partial charge in [-0.25, -0.2) is 13.1 Å². The van der Waals surface area contributed by atoms with Crippen LogP contribution in [0.2, 0.25) is 0 Å². The number of sulfonamides is 1. The monoisotopic (exact) mass is 376 g/mol. The summed E-state index contributed by atoms with van der Waals surface area (Å²) < 4.78 is 27.7. The van der Waals surface area contributed by atoms with Crippen molar-refractivity contribution in [3.63, 3.8) is 0 Å². The summed E-state index contributed by atoms with van der Waals surface area (Å²) >= 11 is 3.23. The molecular formula is C14H21BrN2O3S. The lowest BCUT2D eigenvalue weighted by Crippen LogP contribution is -2.42. The molecule has 0 heterocycles. The number of aliphatic hydroxyl groups is 1. The lowest BCUT2D eigenvalue weighted by atomic mass is 9.95. The molecule has 21 heavy (non-hydrogen) atoms. The first-order chi connectivity index (χ1) is 9.82. The molecule has 0 radical (unpaired) electrons. The van der Waals surface area contributed by atoms with E-state index in [1.165, 1.54) is 12.1 Å². The van der Waals surface area contributed by atoms with Crippen LogP contribution < -0.4 is 10.5 Å². The second kappa shape index (κ2) is 6.64. The van der Waals surface area contributed by atoms with Crippen molar-refractivity contribution < 1.29 is 13.5 Å². The van der Waals surface area contributed by atoms with Gasteiger partial charge in [-0.05, 0) is 47.0 Å². The number of anilines is 1. The zero-order chi connectivity index (χ0) is 15.5. The van der Waals surface area contributed by atoms with Gasteiger partial charge in [0.25, 0.3) is 0 Å². The normalized spacial score (nSPS) is 19.1. The van der Waals surface area contributed by atoms with Gasteiger partial charge in [0.15, 0.2) is 0 Å². The van der Waals surface area contributed by atoms with Crippen LogP contribution in [0.4, 0.5) is 5.69 Å². The molecule has 0 atom stereocenters. The van der Waals surface area contributed by atoms with Gasteiger partial charge in [0.2, 0.25) is 10.0 Å². The SMILES string of the molecule is Nc1cc(S(=O)(=O)NCC2(O)CCCCCC2)ccc1Br. The number of nitrogens with one attached hydrogen (secondary N) is 1. The van der Waals surface area contributed by atoms with Gasteiger partial charge in [0.1, 0.15) is 0 Å². The minimum absolute atomic E-state index is 0.0469. The molecule has 0 amide bonds. The molecule has 1 aromatic rings. The lowest BCUT2D eigenvalue weighted by Gasteiger charge is -2.26. The number of halogens is 1. The summed E-state index contributed by atoms with van der Waals surface area (Å²) in [4.78, 5) is 0.112. The molecule has 0 aromatic heterocycles. The Labute approximate surface area is 134 Å². The Bertz CT molecular complexity index is 596. The molecule has 1 aliphatic rings. The van der Waals surface area contributed by atoms with Gasteiger partial charge in [-0.3, -0.25) is 0 Å². The van der Waals surface area contributed by atoms with Gasteiger partial charge in [-0.15, -0.1) is 0 Å². The van der Waals surface area contributed by atoms with Crippen molar-refractivity contribution in [1.29, 1.82) is 0 Å². The number of nitrogens with two attached hydrogens (primary N) is 1. The van der Waals surface area contributed by atoms with E-state index in [1.54, 1.807) is 6.07 Å². The zero-order valence-corrected chi connectivity index (χ0v) is 14.2. The van der Waals surface area contributed by atoms with Crippen molar-refractivity contribution in [1.82, 2.24) is 4.72 Å². The second-order valence-corrected chi connectivity index (χ2v) is 8.27. The van der Waals surface area contributed by atoms with Crippen LogP contribution in [0.5, 0.6) is 0 Å². The van der Waals surface area contributed by atoms with Crippen LogP contribution in [-0.2, 0) is 10.0 Å². The van der Waals surface area contributed by atoms with Crippen molar-refractivity contribution >= 4 is 31.6 Å². The van der Waals surface area contributed by atoms with Crippen molar-refractivity contribution in [2.45, 2.75) is 49.0 Å². The summed E-state index contributed by atoms with van der Waals surface area (Å²) in [7, 11) is -3.66. The van der Waals surface area contributed by atoms with Crippen LogP contribution in [0.15, 0.2) is 27.6 Å². The third kappa shape index (κ3) is 4.42. The summed E-state index contributed by atoms with van der Waals surface area (Å²) in [5.74, 6) is 0. The summed E-state index contributed by atoms with van der Waals surface area (Å²) in [6, 6.07) is 4.49. The van der Waals surface area contributed by atoms with Crippen LogP contribution in [0.25, 0.3) is 0 Å². The van der Waals surface area contributed by atoms with Crippen LogP contribution in [0.1, 0.15) is 38.5 Å². The summed E-state index contributed by atoms with van der Waals surface area (Å²) in [5, 5.41) is 10.5. The molecule has 5 nitrogen and oxygen atoms in total. The van der Waals surface area contributed by atoms with Crippen LogP contribution in [-0.4, -0.2) is 25.7 Å². The van der Waals surface area contributed by atoms with Gasteiger partial charge in [0, 0.05) is 16.7 Å². The maximum Gasteiger partial charge on any atom is 0.240 e. The summed E-state index contributed by atoms with van der Waals surface area (Å²) in [6.07, 6.45) is 5.33. The van der Waals surface area contributed by atoms with Gasteiger partial charge < -0.3 is 10.8 Å². The number of nitrogen functional groups attached to an aromatic ring is 1. The molecular weight excluding hydrogens is 356 g/mol. The van der Waals surface area contributed by atoms with E-state index < -0.39 is 15.6 Å². The second-order valence-electron chi connectivity index (χ2n) is 5.65. The third-order valence-electron chi connectivity index (χ3n) is 3.90. The van der Waals surface area contributed by atoms with Crippen LogP contribution >= 0.6 is 15.9 Å². The highest BCUT2D eigenvalue weighted by Crippen LogP contribution is 2.27. The minimum atomic E-state index is -3.66. The fourth-order valence-electron chi connectivity index (χ4n) is 2.57. The topological polar surface area (TPSA) is 92.4 Å². The number of rotatable bonds is 4. The highest BCUT2D eigenvalue weighted by atomic mass is 79.9. The summed E-state index contributed by atoms with van der Waals surface area (Å²) in [6.45, 7) is 0.0469. The standard InChI is InChI=1S/C14H21BrN2O3S/c15-12-6-5-11(9-13(12)16)21(19,20)17-10-14(18)7-3-1-2-4-8-14/h5-6,9,17-18H,1-4,7-8,10,16H2. The van der Waals surface area contributed by atoms with Gasteiger partial charge >= 0.3 is 0 Å². The van der Waals surface area contributed by atoms with E-state index in [9.17, 15) is 13.5 Å². The smallest absolute Gasteiger partial charge is 0.240 e. The third-order valence-corrected chi connectivity index (χ3v) is 6.02. The molecule has 0 unspecified atom stereocenters. The Hall–Kier alpha value is -0.630. The van der Waals surface area contributed by atoms with E-state index in [2.05, 4.69) is 20.7 Å². The minimum Gasteiger partial charge on any atom is -0.398 e. The van der Waals surface area contributed by atoms with Crippen LogP contribution in [0.3, 0.4) is 0 Å². The predicted octanol–water partition coefficient (Wildman–Crippen LogP) is 2.39. The lowest BCUT2D eigenvalue weighted by molar-refractivity contribution is 0.0303. The molecule has 118 valence electrons. The maximum absolute atomic E-state index is 12.3. The highest BCUT2D eigenvalue weighted by molar-refractivity contribution is 9.10. The maximum atomic E-state index is 12.3. The highest BCUT2D eigenvalue weighted by Gasteiger charge is 2.30. The summed E-state index contributed by atoms with van der Waals surface area (Å²) in [5.41, 5.74) is 5.14. The van der Waals surface area contributed by atoms with Crippen molar-refractivity contribution in [2.24, 2.45) is 0 Å². The van der Waals surface area contributed by atoms with Crippen molar-refractivity contribution in [2.75, 3.05) is 12.3 Å². The van der Waals surface area contributed by atoms with Crippen molar-refractivity contribution in [3.8, 4) is 0 Å². The Morgan fingerprint density at radius 2 is 1.86 bits per heavy atom. The van der Waals surface area contributed by atoms with E-state index in [-0.39, 0.29) is 11.4 Å². The van der Waals surface area contributed by atoms with Crippen molar-refractivity contribution in [3.05, 3.63) is 22.7 Å². The molecule has 1 aromatic carbocycles. The number of benzene rings is 1. The first kappa shape index (κ1) is 16.7. The molecule has 2 rings (SSSR count). The van der Waals surface area contributed by atoms with Gasteiger partial charge in [-0.2, -0.15) is 0 Å². The predicted molar refractivity (Wildman–Crippen MR) is 86.4 cm³/mol. The van der Waals surface area contributed by atoms with E-state index >= 15 is 0 Å². The average Bonchev–Trinajstić information content (AvgIpc) is 2.65. The quantitative estimate of drug-likeness (QED) is 0.555. The fourth-order valence-corrected chi connectivity index (χ4v) is 3.97. The van der Waals surface area contributed by atoms with Crippen LogP contribution in [0, 0.1) is 0 Å². The molecule has 0 saturated heterocycles. The molecule has 1 fully saturated rings. The molecule has 0 spiro atoms. The molecule has 4 N–H and O–H groups in total. The Kier molecular flexibility index (Phi) is 5.29. The van der Waals surface area contributed by atoms with E-state index in [1.807, 2.05) is 0 Å². The fraction of sp³-hybridized carbons (Fsp3) is 0.571. The molecule has 1 saturated carbocycles. The molecule has 1 aliphatic carbocycles. The Morgan fingerprint density at radius 3 is 2.43 bits per heavy atom. The van der Waals surface area contributed by atoms with E-state index in [0.717, 1.165) is 25.7 Å². The first-order valence-corrected chi connectivity index (χ1v) is 9.37. The molecule has 7 heteroatoms. The Morgan fingerprint density at radius 1 is 1.24 bits per heavy atom. The average molecular weight is 377 g/mol. The van der Waals surface area contributed by atoms with Gasteiger partial charge in [0.05, 0.1) is 10.5 Å². The number of hydrogen-bond acceptors (Lipinski definition) is 4. The van der Waals surface area contributed by atoms with E-state index in [4.69, 9.17) is 5.73 Å².